The zero-order chi connectivity index (χ0) is 10.1. The van der Waals surface area contributed by atoms with Crippen molar-refractivity contribution in [1.82, 2.24) is 5.06 Å². The van der Waals surface area contributed by atoms with Crippen LogP contribution in [0.3, 0.4) is 0 Å². The highest BCUT2D eigenvalue weighted by Crippen LogP contribution is 2.27. The molecule has 14 heavy (non-hydrogen) atoms. The van der Waals surface area contributed by atoms with Crippen LogP contribution in [-0.4, -0.2) is 16.2 Å². The molecule has 1 aliphatic rings. The van der Waals surface area contributed by atoms with Crippen LogP contribution in [0.4, 0.5) is 0 Å². The molecule has 0 saturated heterocycles. The van der Waals surface area contributed by atoms with Crippen LogP contribution >= 0.6 is 0 Å². The van der Waals surface area contributed by atoms with Crippen LogP contribution in [0.2, 0.25) is 0 Å². The number of hydrogen-bond acceptors (Lipinski definition) is 3. The highest BCUT2D eigenvalue weighted by molar-refractivity contribution is 5.83. The molecule has 4 nitrogen and oxygen atoms in total. The number of fused-ring (bicyclic) bond motifs is 1. The average molecular weight is 189 g/mol. The molecule has 2 rings (SSSR count). The summed E-state index contributed by atoms with van der Waals surface area (Å²) in [5.74, 6) is -0.579. The van der Waals surface area contributed by atoms with E-state index in [0.717, 1.165) is 10.6 Å². The van der Waals surface area contributed by atoms with Crippen molar-refractivity contribution in [2.45, 2.75) is 6.04 Å². The van der Waals surface area contributed by atoms with E-state index in [4.69, 9.17) is 5.73 Å². The molecule has 71 valence electrons. The van der Waals surface area contributed by atoms with E-state index < -0.39 is 11.9 Å². The molecule has 4 heteroatoms. The van der Waals surface area contributed by atoms with Crippen LogP contribution in [0.15, 0.2) is 24.4 Å². The first-order valence-electron chi connectivity index (χ1n) is 4.15. The molecule has 0 spiro atoms. The number of carbonyl (C=O) groups is 1. The molecule has 0 aliphatic carbocycles. The lowest BCUT2D eigenvalue weighted by atomic mass is 9.97. The predicted molar refractivity (Wildman–Crippen MR) is 49.9 cm³/mol. The summed E-state index contributed by atoms with van der Waals surface area (Å²) in [6.45, 7) is 0. The van der Waals surface area contributed by atoms with E-state index in [9.17, 15) is 10.0 Å². The normalized spacial score (nSPS) is 19.2. The van der Waals surface area contributed by atoms with Crippen molar-refractivity contribution in [2.24, 2.45) is 5.73 Å². The van der Waals surface area contributed by atoms with Gasteiger partial charge in [0.25, 0.3) is 0 Å². The Kier molecular flexibility index (Phi) is 1.98. The van der Waals surface area contributed by atoms with Gasteiger partial charge in [-0.1, -0.05) is 12.1 Å². The average Bonchev–Trinajstić information content (AvgIpc) is 2.17. The van der Waals surface area contributed by atoms with Gasteiger partial charge in [-0.3, -0.25) is 10.0 Å². The lowest BCUT2D eigenvalue weighted by molar-refractivity contribution is -0.138. The SMILES string of the molecule is NC(=O)C1c2cc[c]cc2C=CN1O. The van der Waals surface area contributed by atoms with Crippen molar-refractivity contribution in [1.29, 1.82) is 0 Å². The summed E-state index contributed by atoms with van der Waals surface area (Å²) >= 11 is 0. The van der Waals surface area contributed by atoms with Gasteiger partial charge >= 0.3 is 0 Å². The van der Waals surface area contributed by atoms with E-state index in [1.165, 1.54) is 6.20 Å². The molecule has 1 radical (unpaired) electrons. The summed E-state index contributed by atoms with van der Waals surface area (Å²) in [4.78, 5) is 11.1. The first-order chi connectivity index (χ1) is 6.70. The lowest BCUT2D eigenvalue weighted by Gasteiger charge is -2.26. The largest absolute Gasteiger partial charge is 0.367 e. The fourth-order valence-electron chi connectivity index (χ4n) is 1.52. The topological polar surface area (TPSA) is 66.6 Å². The predicted octanol–water partition coefficient (Wildman–Crippen LogP) is 0.689. The Hall–Kier alpha value is -1.81. The third-order valence-electron chi connectivity index (χ3n) is 2.17. The number of hydroxylamine groups is 2. The number of benzene rings is 1. The molecule has 1 atom stereocenters. The van der Waals surface area contributed by atoms with E-state index in [0.29, 0.717) is 5.56 Å². The van der Waals surface area contributed by atoms with Gasteiger partial charge in [0.05, 0.1) is 0 Å². The number of hydrogen-bond donors (Lipinski definition) is 2. The number of amides is 1. The molecule has 0 aromatic heterocycles. The van der Waals surface area contributed by atoms with Crippen molar-refractivity contribution in [3.63, 3.8) is 0 Å². The van der Waals surface area contributed by atoms with Crippen molar-refractivity contribution >= 4 is 12.0 Å². The maximum Gasteiger partial charge on any atom is 0.247 e. The number of primary amides is 1. The molecule has 1 heterocycles. The van der Waals surface area contributed by atoms with Crippen LogP contribution in [0.25, 0.3) is 6.08 Å². The molecule has 0 fully saturated rings. The molecule has 1 aromatic rings. The van der Waals surface area contributed by atoms with Gasteiger partial charge in [0.2, 0.25) is 5.91 Å². The number of carbonyl (C=O) groups excluding carboxylic acids is 1. The number of nitrogens with two attached hydrogens (primary N) is 1. The zero-order valence-electron chi connectivity index (χ0n) is 7.34. The van der Waals surface area contributed by atoms with Gasteiger partial charge in [-0.25, -0.2) is 5.06 Å². The number of rotatable bonds is 1. The molecule has 1 aromatic carbocycles. The molecule has 3 N–H and O–H groups in total. The second-order valence-corrected chi connectivity index (χ2v) is 3.06. The monoisotopic (exact) mass is 189 g/mol. The van der Waals surface area contributed by atoms with Crippen molar-refractivity contribution in [3.05, 3.63) is 41.6 Å². The molecule has 1 amide bonds. The Bertz CT molecular complexity index is 401. The smallest absolute Gasteiger partial charge is 0.247 e. The van der Waals surface area contributed by atoms with Crippen molar-refractivity contribution in [3.8, 4) is 0 Å². The van der Waals surface area contributed by atoms with E-state index >= 15 is 0 Å². The third-order valence-corrected chi connectivity index (χ3v) is 2.17. The molecule has 0 bridgehead atoms. The van der Waals surface area contributed by atoms with Crippen LogP contribution in [0, 0.1) is 6.07 Å². The summed E-state index contributed by atoms with van der Waals surface area (Å²) < 4.78 is 0. The molecular formula is C10H9N2O2. The van der Waals surface area contributed by atoms with Gasteiger partial charge in [0, 0.05) is 6.20 Å². The van der Waals surface area contributed by atoms with Gasteiger partial charge in [-0.05, 0) is 29.3 Å². The minimum absolute atomic E-state index is 0.579. The summed E-state index contributed by atoms with van der Waals surface area (Å²) in [7, 11) is 0. The summed E-state index contributed by atoms with van der Waals surface area (Å²) in [5, 5.41) is 10.2. The maximum absolute atomic E-state index is 11.1. The van der Waals surface area contributed by atoms with E-state index in [1.54, 1.807) is 24.3 Å². The van der Waals surface area contributed by atoms with Gasteiger partial charge < -0.3 is 5.73 Å². The summed E-state index contributed by atoms with van der Waals surface area (Å²) in [6.07, 6.45) is 3.11. The first kappa shape index (κ1) is 8.77. The van der Waals surface area contributed by atoms with E-state index in [-0.39, 0.29) is 0 Å². The van der Waals surface area contributed by atoms with Crippen LogP contribution in [0.1, 0.15) is 17.2 Å². The fourth-order valence-corrected chi connectivity index (χ4v) is 1.52. The van der Waals surface area contributed by atoms with E-state index in [1.807, 2.05) is 0 Å². The summed E-state index contributed by atoms with van der Waals surface area (Å²) in [6, 6.07) is 7.24. The van der Waals surface area contributed by atoms with Gasteiger partial charge in [-0.2, -0.15) is 0 Å². The van der Waals surface area contributed by atoms with Crippen molar-refractivity contribution < 1.29 is 10.0 Å². The Morgan fingerprint density at radius 3 is 3.14 bits per heavy atom. The second-order valence-electron chi connectivity index (χ2n) is 3.06. The van der Waals surface area contributed by atoms with Gasteiger partial charge in [0.15, 0.2) is 6.04 Å². The lowest BCUT2D eigenvalue weighted by Crippen LogP contribution is -2.34. The highest BCUT2D eigenvalue weighted by atomic mass is 16.5. The summed E-state index contributed by atoms with van der Waals surface area (Å²) in [5.41, 5.74) is 6.73. The van der Waals surface area contributed by atoms with Crippen LogP contribution in [0.5, 0.6) is 0 Å². The molecule has 1 aliphatic heterocycles. The quantitative estimate of drug-likeness (QED) is 0.683. The Morgan fingerprint density at radius 2 is 2.43 bits per heavy atom. The number of nitrogens with zero attached hydrogens (tertiary/aromatic N) is 1. The maximum atomic E-state index is 11.1. The minimum Gasteiger partial charge on any atom is -0.367 e. The Labute approximate surface area is 81.2 Å². The molecule has 1 unspecified atom stereocenters. The fraction of sp³-hybridized carbons (Fsp3) is 0.100. The highest BCUT2D eigenvalue weighted by Gasteiger charge is 2.26. The standard InChI is InChI=1S/C10H9N2O2/c11-10(13)9-8-4-2-1-3-7(8)5-6-12(9)14/h2-6,9,14H,(H2,11,13). The Morgan fingerprint density at radius 1 is 1.64 bits per heavy atom. The second kappa shape index (κ2) is 3.16. The van der Waals surface area contributed by atoms with Crippen LogP contribution < -0.4 is 5.73 Å². The van der Waals surface area contributed by atoms with Crippen molar-refractivity contribution in [2.75, 3.05) is 0 Å². The molecule has 0 saturated carbocycles. The molecular weight excluding hydrogens is 180 g/mol. The third kappa shape index (κ3) is 1.25. The Balaban J connectivity index is 2.53. The van der Waals surface area contributed by atoms with Crippen LogP contribution in [-0.2, 0) is 4.79 Å². The zero-order valence-corrected chi connectivity index (χ0v) is 7.34. The minimum atomic E-state index is -0.801. The van der Waals surface area contributed by atoms with E-state index in [2.05, 4.69) is 6.07 Å². The first-order valence-corrected chi connectivity index (χ1v) is 4.15. The van der Waals surface area contributed by atoms with Gasteiger partial charge in [-0.15, -0.1) is 0 Å². The van der Waals surface area contributed by atoms with Gasteiger partial charge in [0.1, 0.15) is 0 Å².